The predicted octanol–water partition coefficient (Wildman–Crippen LogP) is 3.69. The highest BCUT2D eigenvalue weighted by Gasteiger charge is 2.22. The van der Waals surface area contributed by atoms with Crippen LogP contribution in [0.1, 0.15) is 40.6 Å². The van der Waals surface area contributed by atoms with E-state index in [4.69, 9.17) is 0 Å². The van der Waals surface area contributed by atoms with Crippen LogP contribution >= 0.6 is 11.3 Å². The number of hydrogen-bond donors (Lipinski definition) is 1. The molecule has 4 nitrogen and oxygen atoms in total. The average Bonchev–Trinajstić information content (AvgIpc) is 3.08. The first kappa shape index (κ1) is 15.7. The van der Waals surface area contributed by atoms with Crippen LogP contribution in [0.3, 0.4) is 0 Å². The summed E-state index contributed by atoms with van der Waals surface area (Å²) in [7, 11) is 0. The second kappa shape index (κ2) is 6.96. The highest BCUT2D eigenvalue weighted by Crippen LogP contribution is 2.24. The molecule has 0 saturated heterocycles. The Labute approximate surface area is 140 Å². The number of carbonyl (C=O) groups is 2. The summed E-state index contributed by atoms with van der Waals surface area (Å²) in [6, 6.07) is 9.77. The summed E-state index contributed by atoms with van der Waals surface area (Å²) in [6.07, 6.45) is 2.22. The summed E-state index contributed by atoms with van der Waals surface area (Å²) in [6.45, 7) is 3.33. The van der Waals surface area contributed by atoms with Crippen LogP contribution in [0.25, 0.3) is 0 Å². The molecule has 0 saturated carbocycles. The third kappa shape index (κ3) is 3.62. The second-order valence-corrected chi connectivity index (χ2v) is 6.68. The van der Waals surface area contributed by atoms with Gasteiger partial charge in [0.05, 0.1) is 4.88 Å². The van der Waals surface area contributed by atoms with E-state index in [1.807, 2.05) is 41.5 Å². The van der Waals surface area contributed by atoms with Gasteiger partial charge in [-0.1, -0.05) is 19.1 Å². The maximum absolute atomic E-state index is 12.5. The Morgan fingerprint density at radius 1 is 1.26 bits per heavy atom. The van der Waals surface area contributed by atoms with Crippen molar-refractivity contribution in [3.05, 3.63) is 51.7 Å². The summed E-state index contributed by atoms with van der Waals surface area (Å²) in [5.41, 5.74) is 3.19. The molecule has 2 heterocycles. The summed E-state index contributed by atoms with van der Waals surface area (Å²) in [5.74, 6) is 0.126. The number of amides is 2. The molecule has 2 aromatic rings. The quantitative estimate of drug-likeness (QED) is 0.930. The SMILES string of the molecule is CCCC(=O)Nc1ccc2c(c1)CN(C(=O)c1cccs1)CC2. The van der Waals surface area contributed by atoms with Gasteiger partial charge in [-0.25, -0.2) is 0 Å². The van der Waals surface area contributed by atoms with E-state index in [0.29, 0.717) is 13.0 Å². The highest BCUT2D eigenvalue weighted by molar-refractivity contribution is 7.12. The van der Waals surface area contributed by atoms with Crippen LogP contribution in [0, 0.1) is 0 Å². The van der Waals surface area contributed by atoms with Gasteiger partial charge in [-0.2, -0.15) is 0 Å². The van der Waals surface area contributed by atoms with Gasteiger partial charge in [-0.3, -0.25) is 9.59 Å². The summed E-state index contributed by atoms with van der Waals surface area (Å²) in [5, 5.41) is 4.85. The molecule has 1 aliphatic rings. The minimum absolute atomic E-state index is 0.0368. The molecule has 0 atom stereocenters. The van der Waals surface area contributed by atoms with E-state index >= 15 is 0 Å². The zero-order valence-corrected chi connectivity index (χ0v) is 14.0. The lowest BCUT2D eigenvalue weighted by molar-refractivity contribution is -0.116. The van der Waals surface area contributed by atoms with E-state index in [0.717, 1.165) is 35.5 Å². The van der Waals surface area contributed by atoms with Gasteiger partial charge in [0.25, 0.3) is 5.91 Å². The maximum Gasteiger partial charge on any atom is 0.264 e. The third-order valence-corrected chi connectivity index (χ3v) is 4.86. The van der Waals surface area contributed by atoms with Gasteiger partial charge in [-0.15, -0.1) is 11.3 Å². The van der Waals surface area contributed by atoms with Gasteiger partial charge in [0, 0.05) is 25.2 Å². The molecule has 1 aromatic heterocycles. The number of carbonyl (C=O) groups excluding carboxylic acids is 2. The topological polar surface area (TPSA) is 49.4 Å². The van der Waals surface area contributed by atoms with Crippen LogP contribution in [0.2, 0.25) is 0 Å². The van der Waals surface area contributed by atoms with Crippen LogP contribution in [0.5, 0.6) is 0 Å². The van der Waals surface area contributed by atoms with Gasteiger partial charge >= 0.3 is 0 Å². The zero-order chi connectivity index (χ0) is 16.2. The van der Waals surface area contributed by atoms with Crippen molar-refractivity contribution in [2.24, 2.45) is 0 Å². The van der Waals surface area contributed by atoms with Crippen LogP contribution in [0.15, 0.2) is 35.7 Å². The lowest BCUT2D eigenvalue weighted by Crippen LogP contribution is -2.35. The first-order chi connectivity index (χ1) is 11.2. The number of thiophene rings is 1. The number of nitrogens with zero attached hydrogens (tertiary/aromatic N) is 1. The molecule has 0 unspecified atom stereocenters. The molecule has 3 rings (SSSR count). The Morgan fingerprint density at radius 2 is 2.13 bits per heavy atom. The fourth-order valence-electron chi connectivity index (χ4n) is 2.81. The smallest absolute Gasteiger partial charge is 0.264 e. The normalized spacial score (nSPS) is 13.5. The Balaban J connectivity index is 1.74. The summed E-state index contributed by atoms with van der Waals surface area (Å²) in [4.78, 5) is 26.9. The maximum atomic E-state index is 12.5. The van der Waals surface area contributed by atoms with E-state index in [-0.39, 0.29) is 11.8 Å². The van der Waals surface area contributed by atoms with Gasteiger partial charge in [0.2, 0.25) is 5.91 Å². The largest absolute Gasteiger partial charge is 0.333 e. The van der Waals surface area contributed by atoms with Crippen LogP contribution in [-0.4, -0.2) is 23.3 Å². The van der Waals surface area contributed by atoms with Gasteiger partial charge < -0.3 is 10.2 Å². The lowest BCUT2D eigenvalue weighted by Gasteiger charge is -2.29. The summed E-state index contributed by atoms with van der Waals surface area (Å²) >= 11 is 1.47. The molecule has 0 spiro atoms. The molecule has 0 radical (unpaired) electrons. The van der Waals surface area contributed by atoms with Crippen LogP contribution < -0.4 is 5.32 Å². The zero-order valence-electron chi connectivity index (χ0n) is 13.2. The van der Waals surface area contributed by atoms with E-state index in [1.165, 1.54) is 16.9 Å². The van der Waals surface area contributed by atoms with Crippen molar-refractivity contribution in [1.82, 2.24) is 4.90 Å². The van der Waals surface area contributed by atoms with E-state index in [1.54, 1.807) is 0 Å². The molecule has 1 aromatic carbocycles. The van der Waals surface area contributed by atoms with Crippen LogP contribution in [-0.2, 0) is 17.8 Å². The molecule has 1 aliphatic heterocycles. The van der Waals surface area contributed by atoms with Crippen molar-refractivity contribution in [2.75, 3.05) is 11.9 Å². The van der Waals surface area contributed by atoms with Gasteiger partial charge in [-0.05, 0) is 47.5 Å². The minimum Gasteiger partial charge on any atom is -0.333 e. The first-order valence-electron chi connectivity index (χ1n) is 7.92. The van der Waals surface area contributed by atoms with Gasteiger partial charge in [0.15, 0.2) is 0 Å². The first-order valence-corrected chi connectivity index (χ1v) is 8.79. The molecule has 120 valence electrons. The molecule has 0 bridgehead atoms. The van der Waals surface area contributed by atoms with Crippen molar-refractivity contribution < 1.29 is 9.59 Å². The number of benzene rings is 1. The monoisotopic (exact) mass is 328 g/mol. The molecule has 23 heavy (non-hydrogen) atoms. The molecule has 5 heteroatoms. The van der Waals surface area contributed by atoms with E-state index < -0.39 is 0 Å². The molecular formula is C18H20N2O2S. The van der Waals surface area contributed by atoms with Crippen molar-refractivity contribution in [3.8, 4) is 0 Å². The highest BCUT2D eigenvalue weighted by atomic mass is 32.1. The fraction of sp³-hybridized carbons (Fsp3) is 0.333. The predicted molar refractivity (Wildman–Crippen MR) is 92.7 cm³/mol. The number of fused-ring (bicyclic) bond motifs is 1. The fourth-order valence-corrected chi connectivity index (χ4v) is 3.51. The van der Waals surface area contributed by atoms with E-state index in [2.05, 4.69) is 11.4 Å². The molecule has 2 amide bonds. The molecule has 0 fully saturated rings. The number of anilines is 1. The number of hydrogen-bond acceptors (Lipinski definition) is 3. The molecule has 1 N–H and O–H groups in total. The van der Waals surface area contributed by atoms with Crippen molar-refractivity contribution in [2.45, 2.75) is 32.7 Å². The Hall–Kier alpha value is -2.14. The molecule has 0 aliphatic carbocycles. The minimum atomic E-state index is 0.0368. The Bertz CT molecular complexity index is 710. The summed E-state index contributed by atoms with van der Waals surface area (Å²) < 4.78 is 0. The Morgan fingerprint density at radius 3 is 2.87 bits per heavy atom. The number of nitrogens with one attached hydrogen (secondary N) is 1. The molecular weight excluding hydrogens is 308 g/mol. The standard InChI is InChI=1S/C18H20N2O2S/c1-2-4-17(21)19-15-7-6-13-8-9-20(12-14(13)11-15)18(22)16-5-3-10-23-16/h3,5-7,10-11H,2,4,8-9,12H2,1H3,(H,19,21). The Kier molecular flexibility index (Phi) is 4.76. The van der Waals surface area contributed by atoms with Crippen molar-refractivity contribution >= 4 is 28.8 Å². The van der Waals surface area contributed by atoms with E-state index in [9.17, 15) is 9.59 Å². The van der Waals surface area contributed by atoms with Gasteiger partial charge in [0.1, 0.15) is 0 Å². The third-order valence-electron chi connectivity index (χ3n) is 4.00. The lowest BCUT2D eigenvalue weighted by atomic mass is 9.99. The van der Waals surface area contributed by atoms with Crippen molar-refractivity contribution in [3.63, 3.8) is 0 Å². The second-order valence-electron chi connectivity index (χ2n) is 5.74. The number of rotatable bonds is 4. The van der Waals surface area contributed by atoms with Crippen molar-refractivity contribution in [1.29, 1.82) is 0 Å². The average molecular weight is 328 g/mol. The van der Waals surface area contributed by atoms with Crippen LogP contribution in [0.4, 0.5) is 5.69 Å².